The third-order valence-electron chi connectivity index (χ3n) is 3.48. The van der Waals surface area contributed by atoms with E-state index in [4.69, 9.17) is 14.8 Å². The fraction of sp³-hybridized carbons (Fsp3) is 0.571. The summed E-state index contributed by atoms with van der Waals surface area (Å²) in [5.74, 6) is 0. The molecule has 1 aliphatic heterocycles. The Labute approximate surface area is 131 Å². The molecule has 0 bridgehead atoms. The molecule has 3 N–H and O–H groups in total. The maximum absolute atomic E-state index is 11.9. The van der Waals surface area contributed by atoms with Gasteiger partial charge in [-0.05, 0) is 44.8 Å². The molecular formula is C14H24N3O4P. The normalized spacial score (nSPS) is 21.3. The molecule has 0 saturated carbocycles. The highest BCUT2D eigenvalue weighted by atomic mass is 31.2. The monoisotopic (exact) mass is 329 g/mol. The predicted octanol–water partition coefficient (Wildman–Crippen LogP) is 1.54. The van der Waals surface area contributed by atoms with Crippen molar-refractivity contribution in [2.75, 3.05) is 51.0 Å². The van der Waals surface area contributed by atoms with Gasteiger partial charge in [-0.25, -0.2) is 4.57 Å². The number of rotatable bonds is 7. The van der Waals surface area contributed by atoms with Gasteiger partial charge in [-0.3, -0.25) is 9.05 Å². The Morgan fingerprint density at radius 3 is 2.73 bits per heavy atom. The smallest absolute Gasteiger partial charge is 0.399 e. The zero-order chi connectivity index (χ0) is 16.2. The lowest BCUT2D eigenvalue weighted by molar-refractivity contribution is 0.108. The van der Waals surface area contributed by atoms with E-state index in [1.54, 1.807) is 0 Å². The molecule has 2 unspecified atom stereocenters. The van der Waals surface area contributed by atoms with Crippen LogP contribution in [0.3, 0.4) is 0 Å². The quantitative estimate of drug-likeness (QED) is 0.579. The molecule has 1 aliphatic rings. The molecule has 0 aliphatic carbocycles. The second-order valence-electron chi connectivity index (χ2n) is 5.66. The summed E-state index contributed by atoms with van der Waals surface area (Å²) >= 11 is 0. The van der Waals surface area contributed by atoms with Crippen molar-refractivity contribution in [3.63, 3.8) is 0 Å². The fourth-order valence-corrected chi connectivity index (χ4v) is 3.21. The summed E-state index contributed by atoms with van der Waals surface area (Å²) in [6, 6.07) is 7.54. The van der Waals surface area contributed by atoms with Crippen LogP contribution >= 0.6 is 7.82 Å². The van der Waals surface area contributed by atoms with E-state index in [9.17, 15) is 9.46 Å². The first-order valence-electron chi connectivity index (χ1n) is 7.27. The van der Waals surface area contributed by atoms with Gasteiger partial charge in [0.25, 0.3) is 0 Å². The second kappa shape index (κ2) is 7.44. The van der Waals surface area contributed by atoms with Gasteiger partial charge in [0.1, 0.15) is 0 Å². The second-order valence-corrected chi connectivity index (χ2v) is 7.06. The third-order valence-corrected chi connectivity index (χ3v) is 4.55. The summed E-state index contributed by atoms with van der Waals surface area (Å²) in [5, 5.41) is 0. The van der Waals surface area contributed by atoms with E-state index in [0.717, 1.165) is 12.2 Å². The molecule has 0 spiro atoms. The van der Waals surface area contributed by atoms with Gasteiger partial charge in [0.05, 0.1) is 12.7 Å². The maximum atomic E-state index is 11.9. The molecule has 1 saturated heterocycles. The molecule has 1 aromatic carbocycles. The molecule has 2 atom stereocenters. The van der Waals surface area contributed by atoms with Gasteiger partial charge in [0.2, 0.25) is 0 Å². The Morgan fingerprint density at radius 2 is 2.09 bits per heavy atom. The van der Waals surface area contributed by atoms with Crippen LogP contribution in [-0.4, -0.2) is 56.2 Å². The Bertz CT molecular complexity index is 523. The number of nitrogens with zero attached hydrogens (tertiary/aromatic N) is 2. The maximum Gasteiger partial charge on any atom is 0.472 e. The molecule has 7 nitrogen and oxygen atoms in total. The van der Waals surface area contributed by atoms with Crippen LogP contribution in [0.25, 0.3) is 0 Å². The van der Waals surface area contributed by atoms with Crippen molar-refractivity contribution in [2.45, 2.75) is 12.5 Å². The Morgan fingerprint density at radius 1 is 1.41 bits per heavy atom. The van der Waals surface area contributed by atoms with Crippen molar-refractivity contribution in [3.05, 3.63) is 24.3 Å². The van der Waals surface area contributed by atoms with Crippen molar-refractivity contribution in [1.29, 1.82) is 0 Å². The number of benzene rings is 1. The summed E-state index contributed by atoms with van der Waals surface area (Å²) in [7, 11) is -0.259. The number of nitrogen functional groups attached to an aromatic ring is 1. The van der Waals surface area contributed by atoms with Crippen LogP contribution in [0.4, 0.5) is 11.4 Å². The van der Waals surface area contributed by atoms with E-state index in [0.29, 0.717) is 25.2 Å². The minimum absolute atomic E-state index is 0.162. The molecule has 2 rings (SSSR count). The Kier molecular flexibility index (Phi) is 5.83. The summed E-state index contributed by atoms with van der Waals surface area (Å²) in [4.78, 5) is 13.7. The van der Waals surface area contributed by atoms with Gasteiger partial charge in [-0.1, -0.05) is 0 Å². The molecule has 1 heterocycles. The van der Waals surface area contributed by atoms with E-state index >= 15 is 0 Å². The molecular weight excluding hydrogens is 305 g/mol. The number of phosphoric acid groups is 1. The van der Waals surface area contributed by atoms with Crippen molar-refractivity contribution in [2.24, 2.45) is 0 Å². The minimum Gasteiger partial charge on any atom is -0.399 e. The van der Waals surface area contributed by atoms with E-state index < -0.39 is 7.82 Å². The Balaban J connectivity index is 1.82. The van der Waals surface area contributed by atoms with Crippen molar-refractivity contribution < 1.29 is 18.5 Å². The molecule has 22 heavy (non-hydrogen) atoms. The fourth-order valence-electron chi connectivity index (χ4n) is 2.29. The summed E-state index contributed by atoms with van der Waals surface area (Å²) < 4.78 is 22.1. The molecule has 124 valence electrons. The topological polar surface area (TPSA) is 88.3 Å². The molecule has 0 radical (unpaired) electrons. The number of nitrogens with two attached hydrogens (primary N) is 1. The predicted molar refractivity (Wildman–Crippen MR) is 86.9 cm³/mol. The van der Waals surface area contributed by atoms with Crippen LogP contribution in [0, 0.1) is 0 Å². The summed E-state index contributed by atoms with van der Waals surface area (Å²) in [5.41, 5.74) is 7.41. The van der Waals surface area contributed by atoms with Crippen LogP contribution < -0.4 is 10.6 Å². The number of hydrogen-bond acceptors (Lipinski definition) is 6. The molecule has 1 fully saturated rings. The van der Waals surface area contributed by atoms with E-state index in [2.05, 4.69) is 4.90 Å². The van der Waals surface area contributed by atoms with Gasteiger partial charge >= 0.3 is 7.82 Å². The third kappa shape index (κ3) is 5.26. The first-order valence-corrected chi connectivity index (χ1v) is 8.76. The lowest BCUT2D eigenvalue weighted by Crippen LogP contribution is -2.23. The van der Waals surface area contributed by atoms with Gasteiger partial charge < -0.3 is 20.4 Å². The van der Waals surface area contributed by atoms with E-state index in [-0.39, 0.29) is 12.7 Å². The minimum atomic E-state index is -4.00. The van der Waals surface area contributed by atoms with Crippen LogP contribution in [0.2, 0.25) is 0 Å². The van der Waals surface area contributed by atoms with Crippen molar-refractivity contribution in [3.8, 4) is 0 Å². The lowest BCUT2D eigenvalue weighted by Gasteiger charge is -2.20. The zero-order valence-corrected chi connectivity index (χ0v) is 13.9. The SMILES string of the molecule is CN(C)CCOP(=O)(O)OC1CCN(c2ccc(N)cc2)C1. The largest absolute Gasteiger partial charge is 0.472 e. The number of phosphoric ester groups is 1. The zero-order valence-electron chi connectivity index (χ0n) is 13.0. The molecule has 8 heteroatoms. The van der Waals surface area contributed by atoms with Gasteiger partial charge in [0.15, 0.2) is 0 Å². The van der Waals surface area contributed by atoms with Crippen LogP contribution in [0.15, 0.2) is 24.3 Å². The molecule has 1 aromatic rings. The Hall–Kier alpha value is -1.11. The average molecular weight is 329 g/mol. The van der Waals surface area contributed by atoms with E-state index in [1.807, 2.05) is 43.3 Å². The van der Waals surface area contributed by atoms with Crippen LogP contribution in [0.1, 0.15) is 6.42 Å². The van der Waals surface area contributed by atoms with Crippen LogP contribution in [-0.2, 0) is 13.6 Å². The average Bonchev–Trinajstić information content (AvgIpc) is 2.86. The highest BCUT2D eigenvalue weighted by Crippen LogP contribution is 2.45. The summed E-state index contributed by atoms with van der Waals surface area (Å²) in [6.45, 7) is 2.06. The van der Waals surface area contributed by atoms with Crippen molar-refractivity contribution in [1.82, 2.24) is 4.90 Å². The van der Waals surface area contributed by atoms with Gasteiger partial charge in [-0.2, -0.15) is 0 Å². The number of anilines is 2. The van der Waals surface area contributed by atoms with Gasteiger partial charge in [0, 0.05) is 31.0 Å². The number of likely N-dealkylation sites (N-methyl/N-ethyl adjacent to an activating group) is 1. The highest BCUT2D eigenvalue weighted by Gasteiger charge is 2.31. The van der Waals surface area contributed by atoms with E-state index in [1.165, 1.54) is 0 Å². The highest BCUT2D eigenvalue weighted by molar-refractivity contribution is 7.47. The standard InChI is InChI=1S/C14H24N3O4P/c1-16(2)9-10-20-22(18,19)21-14-7-8-17(11-14)13-5-3-12(15)4-6-13/h3-6,14H,7-11,15H2,1-2H3,(H,18,19). The lowest BCUT2D eigenvalue weighted by atomic mass is 10.2. The first-order chi connectivity index (χ1) is 10.4. The molecule has 0 amide bonds. The first kappa shape index (κ1) is 17.2. The van der Waals surface area contributed by atoms with Gasteiger partial charge in [-0.15, -0.1) is 0 Å². The van der Waals surface area contributed by atoms with Crippen LogP contribution in [0.5, 0.6) is 0 Å². The number of hydrogen-bond donors (Lipinski definition) is 2. The molecule has 0 aromatic heterocycles. The van der Waals surface area contributed by atoms with Crippen molar-refractivity contribution >= 4 is 19.2 Å². The summed E-state index contributed by atoms with van der Waals surface area (Å²) in [6.07, 6.45) is 0.374.